The number of rotatable bonds is 2. The first-order chi connectivity index (χ1) is 13.5. The molecule has 3 aromatic carbocycles. The van der Waals surface area contributed by atoms with Crippen molar-refractivity contribution in [1.82, 2.24) is 9.97 Å². The number of nitrogens with zero attached hydrogens (tertiary/aromatic N) is 2. The van der Waals surface area contributed by atoms with Crippen molar-refractivity contribution in [2.24, 2.45) is 0 Å². The second-order valence-electron chi connectivity index (χ2n) is 6.90. The normalized spacial score (nSPS) is 18.6. The number of benzene rings is 3. The van der Waals surface area contributed by atoms with Crippen molar-refractivity contribution in [1.29, 1.82) is 0 Å². The fourth-order valence-electron chi connectivity index (χ4n) is 4.13. The molecule has 4 aromatic rings. The van der Waals surface area contributed by atoms with Crippen LogP contribution in [0.5, 0.6) is 5.75 Å². The summed E-state index contributed by atoms with van der Waals surface area (Å²) in [6.45, 7) is 0. The minimum absolute atomic E-state index is 0.0496. The van der Waals surface area contributed by atoms with Crippen molar-refractivity contribution in [2.75, 3.05) is 11.9 Å². The van der Waals surface area contributed by atoms with E-state index in [1.807, 2.05) is 48.5 Å². The van der Waals surface area contributed by atoms with Crippen LogP contribution in [0.3, 0.4) is 0 Å². The molecule has 0 saturated carbocycles. The van der Waals surface area contributed by atoms with Crippen LogP contribution in [-0.4, -0.2) is 28.0 Å². The molecule has 1 aliphatic heterocycles. The molecule has 2 heterocycles. The van der Waals surface area contributed by atoms with Gasteiger partial charge in [-0.05, 0) is 30.3 Å². The Kier molecular flexibility index (Phi) is 3.51. The number of carbonyl (C=O) groups excluding carboxylic acids is 1. The minimum Gasteiger partial charge on any atom is -0.508 e. The molecule has 0 bridgehead atoms. The first-order valence-electron chi connectivity index (χ1n) is 8.85. The molecule has 1 atom stereocenters. The Balaban J connectivity index is 1.92. The third kappa shape index (κ3) is 2.08. The average Bonchev–Trinajstić information content (AvgIpc) is 3.22. The molecule has 6 heteroatoms. The predicted molar refractivity (Wildman–Crippen MR) is 109 cm³/mol. The van der Waals surface area contributed by atoms with Gasteiger partial charge >= 0.3 is 0 Å². The molecule has 1 aliphatic rings. The Hall–Kier alpha value is -3.31. The van der Waals surface area contributed by atoms with Gasteiger partial charge in [0.2, 0.25) is 5.91 Å². The van der Waals surface area contributed by atoms with Gasteiger partial charge in [-0.2, -0.15) is 0 Å². The third-order valence-electron chi connectivity index (χ3n) is 5.40. The number of hydrogen-bond acceptors (Lipinski definition) is 3. The van der Waals surface area contributed by atoms with Crippen molar-refractivity contribution in [2.45, 2.75) is 5.41 Å². The van der Waals surface area contributed by atoms with Crippen molar-refractivity contribution in [3.63, 3.8) is 0 Å². The summed E-state index contributed by atoms with van der Waals surface area (Å²) in [5.41, 5.74) is 2.27. The molecule has 0 radical (unpaired) electrons. The van der Waals surface area contributed by atoms with Crippen molar-refractivity contribution in [3.05, 3.63) is 88.7 Å². The molecule has 0 saturated heterocycles. The Labute approximate surface area is 166 Å². The number of aromatic nitrogens is 2. The predicted octanol–water partition coefficient (Wildman–Crippen LogP) is 4.23. The lowest BCUT2D eigenvalue weighted by molar-refractivity contribution is -0.120. The van der Waals surface area contributed by atoms with Crippen LogP contribution >= 0.6 is 11.6 Å². The SMILES string of the molecule is CN1C(=O)C(c2nc3ccccc3[nH]2)(c2ccc(Cl)cc2O)c2ccccc21. The van der Waals surface area contributed by atoms with Gasteiger partial charge in [0, 0.05) is 28.9 Å². The molecule has 5 rings (SSSR count). The summed E-state index contributed by atoms with van der Waals surface area (Å²) < 4.78 is 0. The molecule has 0 fully saturated rings. The average molecular weight is 390 g/mol. The fourth-order valence-corrected chi connectivity index (χ4v) is 4.29. The summed E-state index contributed by atoms with van der Waals surface area (Å²) in [7, 11) is 1.73. The summed E-state index contributed by atoms with van der Waals surface area (Å²) in [5, 5.41) is 11.2. The molecule has 2 N–H and O–H groups in total. The van der Waals surface area contributed by atoms with Gasteiger partial charge in [-0.1, -0.05) is 48.0 Å². The Morgan fingerprint density at radius 3 is 2.57 bits per heavy atom. The van der Waals surface area contributed by atoms with Crippen molar-refractivity contribution < 1.29 is 9.90 Å². The number of anilines is 1. The highest BCUT2D eigenvalue weighted by Crippen LogP contribution is 2.51. The Bertz CT molecular complexity index is 1220. The van der Waals surface area contributed by atoms with Gasteiger partial charge in [0.15, 0.2) is 5.41 Å². The van der Waals surface area contributed by atoms with Gasteiger partial charge in [0.1, 0.15) is 11.6 Å². The summed E-state index contributed by atoms with van der Waals surface area (Å²) in [5.74, 6) is 0.227. The lowest BCUT2D eigenvalue weighted by Crippen LogP contribution is -2.41. The number of nitrogens with one attached hydrogen (secondary N) is 1. The molecule has 5 nitrogen and oxygen atoms in total. The number of para-hydroxylation sites is 3. The number of hydrogen-bond donors (Lipinski definition) is 2. The monoisotopic (exact) mass is 389 g/mol. The van der Waals surface area contributed by atoms with Crippen LogP contribution in [0.2, 0.25) is 5.02 Å². The molecule has 1 amide bonds. The van der Waals surface area contributed by atoms with E-state index in [1.165, 1.54) is 6.07 Å². The summed E-state index contributed by atoms with van der Waals surface area (Å²) in [4.78, 5) is 23.4. The number of fused-ring (bicyclic) bond motifs is 2. The zero-order chi connectivity index (χ0) is 19.5. The van der Waals surface area contributed by atoms with Gasteiger partial charge in [-0.25, -0.2) is 4.98 Å². The van der Waals surface area contributed by atoms with E-state index in [2.05, 4.69) is 4.98 Å². The van der Waals surface area contributed by atoms with Crippen LogP contribution in [0.4, 0.5) is 5.69 Å². The van der Waals surface area contributed by atoms with Gasteiger partial charge in [-0.3, -0.25) is 4.79 Å². The molecule has 1 aromatic heterocycles. The van der Waals surface area contributed by atoms with Gasteiger partial charge in [-0.15, -0.1) is 0 Å². The van der Waals surface area contributed by atoms with Crippen LogP contribution in [-0.2, 0) is 10.2 Å². The molecule has 28 heavy (non-hydrogen) atoms. The van der Waals surface area contributed by atoms with Crippen LogP contribution in [0.25, 0.3) is 11.0 Å². The number of imidazole rings is 1. The highest BCUT2D eigenvalue weighted by atomic mass is 35.5. The Morgan fingerprint density at radius 2 is 1.79 bits per heavy atom. The van der Waals surface area contributed by atoms with E-state index in [-0.39, 0.29) is 11.7 Å². The molecule has 0 spiro atoms. The summed E-state index contributed by atoms with van der Waals surface area (Å²) in [6.07, 6.45) is 0. The topological polar surface area (TPSA) is 69.2 Å². The molecule has 1 unspecified atom stereocenters. The first kappa shape index (κ1) is 16.8. The van der Waals surface area contributed by atoms with Gasteiger partial charge in [0.25, 0.3) is 0 Å². The van der Waals surface area contributed by atoms with E-state index in [0.29, 0.717) is 16.4 Å². The van der Waals surface area contributed by atoms with E-state index >= 15 is 0 Å². The zero-order valence-electron chi connectivity index (χ0n) is 15.0. The molecule has 138 valence electrons. The quantitative estimate of drug-likeness (QED) is 0.539. The first-order valence-corrected chi connectivity index (χ1v) is 9.23. The second-order valence-corrected chi connectivity index (χ2v) is 7.33. The molecule has 0 aliphatic carbocycles. The second kappa shape index (κ2) is 5.84. The van der Waals surface area contributed by atoms with Crippen LogP contribution in [0.1, 0.15) is 17.0 Å². The number of aromatic hydroxyl groups is 1. The van der Waals surface area contributed by atoms with Crippen LogP contribution in [0, 0.1) is 0 Å². The lowest BCUT2D eigenvalue weighted by atomic mass is 9.74. The minimum atomic E-state index is -1.29. The van der Waals surface area contributed by atoms with Crippen molar-refractivity contribution in [3.8, 4) is 5.75 Å². The number of likely N-dealkylation sites (N-methyl/N-ethyl adjacent to an activating group) is 1. The number of aromatic amines is 1. The lowest BCUT2D eigenvalue weighted by Gasteiger charge is -2.27. The number of carbonyl (C=O) groups is 1. The van der Waals surface area contributed by atoms with Crippen LogP contribution in [0.15, 0.2) is 66.7 Å². The maximum absolute atomic E-state index is 13.7. The number of halogens is 1. The summed E-state index contributed by atoms with van der Waals surface area (Å²) >= 11 is 6.07. The zero-order valence-corrected chi connectivity index (χ0v) is 15.7. The third-order valence-corrected chi connectivity index (χ3v) is 5.64. The van der Waals surface area contributed by atoms with Crippen molar-refractivity contribution >= 4 is 34.2 Å². The number of phenolic OH excluding ortho intramolecular Hbond substituents is 1. The fraction of sp³-hybridized carbons (Fsp3) is 0.0909. The van der Waals surface area contributed by atoms with Gasteiger partial charge < -0.3 is 15.0 Å². The highest BCUT2D eigenvalue weighted by molar-refractivity contribution is 6.30. The van der Waals surface area contributed by atoms with Crippen LogP contribution < -0.4 is 4.90 Å². The highest BCUT2D eigenvalue weighted by Gasteiger charge is 2.55. The molecular formula is C22H16ClN3O2. The standard InChI is InChI=1S/C22H16ClN3O2/c1-26-18-9-5-2-6-14(18)22(21(26)28,15-11-10-13(23)12-19(15)27)20-24-16-7-3-4-8-17(16)25-20/h2-12,27H,1H3,(H,24,25). The maximum Gasteiger partial charge on any atom is 0.249 e. The number of amides is 1. The van der Waals surface area contributed by atoms with E-state index in [4.69, 9.17) is 16.6 Å². The van der Waals surface area contributed by atoms with E-state index in [9.17, 15) is 9.90 Å². The maximum atomic E-state index is 13.7. The Morgan fingerprint density at radius 1 is 1.04 bits per heavy atom. The smallest absolute Gasteiger partial charge is 0.249 e. The largest absolute Gasteiger partial charge is 0.508 e. The number of H-pyrrole nitrogens is 1. The summed E-state index contributed by atoms with van der Waals surface area (Å²) in [6, 6.07) is 20.0. The van der Waals surface area contributed by atoms with E-state index in [0.717, 1.165) is 22.3 Å². The van der Waals surface area contributed by atoms with E-state index < -0.39 is 5.41 Å². The van der Waals surface area contributed by atoms with Gasteiger partial charge in [0.05, 0.1) is 11.0 Å². The van der Waals surface area contributed by atoms with E-state index in [1.54, 1.807) is 24.1 Å². The number of phenols is 1. The molecular weight excluding hydrogens is 374 g/mol.